The summed E-state index contributed by atoms with van der Waals surface area (Å²) in [6, 6.07) is 2.08. The average Bonchev–Trinajstić information content (AvgIpc) is 2.26. The van der Waals surface area contributed by atoms with Gasteiger partial charge in [0.1, 0.15) is 0 Å². The Hall–Kier alpha value is -1.13. The highest BCUT2D eigenvalue weighted by molar-refractivity contribution is 5.56. The first-order chi connectivity index (χ1) is 8.43. The van der Waals surface area contributed by atoms with Crippen LogP contribution in [0.3, 0.4) is 0 Å². The zero-order valence-corrected chi connectivity index (χ0v) is 11.5. The number of β-amino-alcohol motifs (C(OH)–C–C–N with tert-alkyl or cyclic N) is 1. The predicted molar refractivity (Wildman–Crippen MR) is 73.7 cm³/mol. The lowest BCUT2D eigenvalue weighted by molar-refractivity contribution is 0.0449. The van der Waals surface area contributed by atoms with Crippen LogP contribution in [0.1, 0.15) is 36.7 Å². The Labute approximate surface area is 109 Å². The van der Waals surface area contributed by atoms with E-state index in [1.807, 2.05) is 20.8 Å². The number of hydrogen-bond acceptors (Lipinski definition) is 4. The largest absolute Gasteiger partial charge is 0.388 e. The molecule has 0 radical (unpaired) electrons. The van der Waals surface area contributed by atoms with E-state index in [9.17, 15) is 5.11 Å². The lowest BCUT2D eigenvalue weighted by Crippen LogP contribution is -2.46. The van der Waals surface area contributed by atoms with E-state index in [1.165, 1.54) is 0 Å². The maximum atomic E-state index is 10.2. The fraction of sp³-hybridized carbons (Fsp3) is 0.643. The first kappa shape index (κ1) is 13.3. The summed E-state index contributed by atoms with van der Waals surface area (Å²) in [7, 11) is 0. The minimum absolute atomic E-state index is 0.493. The first-order valence-electron chi connectivity index (χ1n) is 6.57. The molecule has 0 aliphatic carbocycles. The number of aliphatic hydroxyl groups is 1. The fourth-order valence-electron chi connectivity index (χ4n) is 2.79. The summed E-state index contributed by atoms with van der Waals surface area (Å²) in [6.45, 7) is 8.05. The molecule has 0 saturated carbocycles. The second-order valence-electron chi connectivity index (χ2n) is 5.57. The first-order valence-corrected chi connectivity index (χ1v) is 6.57. The molecule has 0 bridgehead atoms. The van der Waals surface area contributed by atoms with Gasteiger partial charge in [0.2, 0.25) is 0 Å². The van der Waals surface area contributed by atoms with Gasteiger partial charge in [-0.15, -0.1) is 0 Å². The van der Waals surface area contributed by atoms with Gasteiger partial charge in [-0.05, 0) is 39.7 Å². The van der Waals surface area contributed by atoms with Crippen LogP contribution in [0.15, 0.2) is 6.07 Å². The van der Waals surface area contributed by atoms with Crippen LogP contribution in [0.2, 0.25) is 0 Å². The molecule has 1 aliphatic heterocycles. The van der Waals surface area contributed by atoms with E-state index in [4.69, 9.17) is 5.73 Å². The van der Waals surface area contributed by atoms with Gasteiger partial charge >= 0.3 is 0 Å². The third-order valence-electron chi connectivity index (χ3n) is 3.66. The zero-order chi connectivity index (χ0) is 13.3. The van der Waals surface area contributed by atoms with Crippen LogP contribution in [0.4, 0.5) is 5.69 Å². The minimum Gasteiger partial charge on any atom is -0.388 e. The summed E-state index contributed by atoms with van der Waals surface area (Å²) in [4.78, 5) is 6.71. The lowest BCUT2D eigenvalue weighted by atomic mass is 9.94. The highest BCUT2D eigenvalue weighted by Crippen LogP contribution is 2.29. The normalized spacial score (nSPS) is 24.4. The number of aromatic nitrogens is 1. The van der Waals surface area contributed by atoms with Crippen LogP contribution in [0.5, 0.6) is 0 Å². The Balaban J connectivity index is 2.37. The third kappa shape index (κ3) is 2.65. The molecule has 4 nitrogen and oxygen atoms in total. The van der Waals surface area contributed by atoms with E-state index in [-0.39, 0.29) is 0 Å². The highest BCUT2D eigenvalue weighted by atomic mass is 16.3. The maximum absolute atomic E-state index is 10.2. The zero-order valence-electron chi connectivity index (χ0n) is 11.5. The Kier molecular flexibility index (Phi) is 3.59. The minimum atomic E-state index is -0.602. The van der Waals surface area contributed by atoms with Crippen LogP contribution in [-0.2, 0) is 6.54 Å². The van der Waals surface area contributed by atoms with Crippen LogP contribution in [-0.4, -0.2) is 28.8 Å². The second-order valence-corrected chi connectivity index (χ2v) is 5.57. The molecular formula is C14H23N3O. The van der Waals surface area contributed by atoms with Crippen LogP contribution in [0.25, 0.3) is 0 Å². The van der Waals surface area contributed by atoms with Gasteiger partial charge in [0.05, 0.1) is 5.60 Å². The van der Waals surface area contributed by atoms with E-state index in [1.54, 1.807) is 0 Å². The molecule has 0 aromatic carbocycles. The summed E-state index contributed by atoms with van der Waals surface area (Å²) in [5, 5.41) is 10.2. The molecule has 1 aliphatic rings. The molecule has 1 saturated heterocycles. The topological polar surface area (TPSA) is 62.4 Å². The van der Waals surface area contributed by atoms with E-state index in [2.05, 4.69) is 16.0 Å². The van der Waals surface area contributed by atoms with Crippen molar-refractivity contribution in [2.45, 2.75) is 45.8 Å². The molecule has 3 N–H and O–H groups in total. The number of anilines is 1. The van der Waals surface area contributed by atoms with Crippen LogP contribution in [0, 0.1) is 13.8 Å². The second kappa shape index (κ2) is 4.86. The van der Waals surface area contributed by atoms with Gasteiger partial charge in [0.15, 0.2) is 0 Å². The number of nitrogens with zero attached hydrogens (tertiary/aromatic N) is 2. The summed E-state index contributed by atoms with van der Waals surface area (Å²) in [5.41, 5.74) is 9.48. The number of aryl methyl sites for hydroxylation is 2. The van der Waals surface area contributed by atoms with Gasteiger partial charge < -0.3 is 15.7 Å². The molecule has 0 spiro atoms. The molecule has 1 atom stereocenters. The average molecular weight is 249 g/mol. The van der Waals surface area contributed by atoms with Crippen molar-refractivity contribution in [1.29, 1.82) is 0 Å². The van der Waals surface area contributed by atoms with Crippen molar-refractivity contribution < 1.29 is 5.11 Å². The SMILES string of the molecule is Cc1cc(N2CCCC(C)(O)C2)c(CN)c(C)n1. The van der Waals surface area contributed by atoms with Crippen molar-refractivity contribution in [1.82, 2.24) is 4.98 Å². The Morgan fingerprint density at radius 3 is 2.83 bits per heavy atom. The number of nitrogens with two attached hydrogens (primary N) is 1. The molecule has 1 unspecified atom stereocenters. The van der Waals surface area contributed by atoms with Crippen LogP contribution < -0.4 is 10.6 Å². The number of rotatable bonds is 2. The van der Waals surface area contributed by atoms with Crippen molar-refractivity contribution in [3.8, 4) is 0 Å². The van der Waals surface area contributed by atoms with E-state index >= 15 is 0 Å². The van der Waals surface area contributed by atoms with Gasteiger partial charge in [-0.25, -0.2) is 0 Å². The van der Waals surface area contributed by atoms with E-state index < -0.39 is 5.60 Å². The lowest BCUT2D eigenvalue weighted by Gasteiger charge is -2.39. The van der Waals surface area contributed by atoms with Crippen molar-refractivity contribution >= 4 is 5.69 Å². The molecule has 0 amide bonds. The quantitative estimate of drug-likeness (QED) is 0.834. The molecule has 1 aromatic rings. The molecule has 18 heavy (non-hydrogen) atoms. The maximum Gasteiger partial charge on any atom is 0.0794 e. The van der Waals surface area contributed by atoms with Crippen molar-refractivity contribution in [3.63, 3.8) is 0 Å². The predicted octanol–water partition coefficient (Wildman–Crippen LogP) is 1.51. The molecule has 100 valence electrons. The Morgan fingerprint density at radius 1 is 1.50 bits per heavy atom. The molecule has 4 heteroatoms. The summed E-state index contributed by atoms with van der Waals surface area (Å²) < 4.78 is 0. The van der Waals surface area contributed by atoms with Gasteiger partial charge in [-0.1, -0.05) is 0 Å². The van der Waals surface area contributed by atoms with Crippen molar-refractivity contribution in [2.75, 3.05) is 18.0 Å². The van der Waals surface area contributed by atoms with E-state index in [0.717, 1.165) is 42.0 Å². The number of hydrogen-bond donors (Lipinski definition) is 2. The standard InChI is InChI=1S/C14H23N3O/c1-10-7-13(12(8-15)11(2)16-10)17-6-4-5-14(3,18)9-17/h7,18H,4-6,8-9,15H2,1-3H3. The van der Waals surface area contributed by atoms with Crippen LogP contribution >= 0.6 is 0 Å². The molecule has 1 fully saturated rings. The third-order valence-corrected chi connectivity index (χ3v) is 3.66. The summed E-state index contributed by atoms with van der Waals surface area (Å²) >= 11 is 0. The molecular weight excluding hydrogens is 226 g/mol. The molecule has 2 rings (SSSR count). The molecule has 1 aromatic heterocycles. The van der Waals surface area contributed by atoms with Gasteiger partial charge in [0.25, 0.3) is 0 Å². The molecule has 2 heterocycles. The number of pyridine rings is 1. The van der Waals surface area contributed by atoms with Gasteiger partial charge in [-0.3, -0.25) is 4.98 Å². The van der Waals surface area contributed by atoms with Gasteiger partial charge in [0, 0.05) is 42.3 Å². The highest BCUT2D eigenvalue weighted by Gasteiger charge is 2.29. The summed E-state index contributed by atoms with van der Waals surface area (Å²) in [6.07, 6.45) is 1.88. The monoisotopic (exact) mass is 249 g/mol. The number of piperidine rings is 1. The smallest absolute Gasteiger partial charge is 0.0794 e. The Bertz CT molecular complexity index is 443. The summed E-state index contributed by atoms with van der Waals surface area (Å²) in [5.74, 6) is 0. The van der Waals surface area contributed by atoms with E-state index in [0.29, 0.717) is 13.1 Å². The van der Waals surface area contributed by atoms with Crippen molar-refractivity contribution in [3.05, 3.63) is 23.0 Å². The van der Waals surface area contributed by atoms with Gasteiger partial charge in [-0.2, -0.15) is 0 Å². The Morgan fingerprint density at radius 2 is 2.22 bits per heavy atom. The fourth-order valence-corrected chi connectivity index (χ4v) is 2.79. The van der Waals surface area contributed by atoms with Crippen molar-refractivity contribution in [2.24, 2.45) is 5.73 Å².